The van der Waals surface area contributed by atoms with Crippen LogP contribution in [0.2, 0.25) is 0 Å². The van der Waals surface area contributed by atoms with Gasteiger partial charge in [0.15, 0.2) is 11.4 Å². The minimum Gasteiger partial charge on any atom is -0.463 e. The Bertz CT molecular complexity index is 921. The van der Waals surface area contributed by atoms with Crippen LogP contribution in [0, 0.1) is 5.92 Å². The zero-order chi connectivity index (χ0) is 15.4. The largest absolute Gasteiger partial charge is 0.463 e. The van der Waals surface area contributed by atoms with Gasteiger partial charge in [-0.1, -0.05) is 6.07 Å². The van der Waals surface area contributed by atoms with E-state index in [1.165, 1.54) is 0 Å². The first kappa shape index (κ1) is 12.7. The Morgan fingerprint density at radius 1 is 1.35 bits per heavy atom. The first-order valence-electron chi connectivity index (χ1n) is 7.67. The van der Waals surface area contributed by atoms with Crippen molar-refractivity contribution in [2.75, 3.05) is 10.6 Å². The Kier molecular flexibility index (Phi) is 2.41. The number of nitrogens with one attached hydrogen (secondary N) is 2. The molecule has 2 aliphatic rings. The van der Waals surface area contributed by atoms with E-state index in [4.69, 9.17) is 15.1 Å². The number of pyridine rings is 1. The molecule has 5 rings (SSSR count). The number of fused-ring (bicyclic) bond motifs is 2. The number of hydrogen-bond donors (Lipinski definition) is 3. The van der Waals surface area contributed by atoms with Crippen molar-refractivity contribution >= 4 is 23.1 Å². The van der Waals surface area contributed by atoms with Gasteiger partial charge in [-0.15, -0.1) is 0 Å². The second-order valence-electron chi connectivity index (χ2n) is 6.05. The summed E-state index contributed by atoms with van der Waals surface area (Å²) in [5.41, 5.74) is 7.51. The highest BCUT2D eigenvalue weighted by Gasteiger charge is 2.49. The molecule has 0 amide bonds. The molecule has 0 saturated heterocycles. The fourth-order valence-corrected chi connectivity index (χ4v) is 3.11. The summed E-state index contributed by atoms with van der Waals surface area (Å²) < 4.78 is 7.55. The minimum atomic E-state index is -0.799. The van der Waals surface area contributed by atoms with Crippen LogP contribution >= 0.6 is 0 Å². The molecule has 1 fully saturated rings. The van der Waals surface area contributed by atoms with Crippen LogP contribution in [0.5, 0.6) is 0 Å². The molecule has 1 aliphatic heterocycles. The first-order chi connectivity index (χ1) is 11.2. The second-order valence-corrected chi connectivity index (χ2v) is 6.05. The lowest BCUT2D eigenvalue weighted by atomic mass is 10.0. The molecular formula is C16H16N6O. The predicted octanol–water partition coefficient (Wildman–Crippen LogP) is 2.34. The average molecular weight is 308 g/mol. The van der Waals surface area contributed by atoms with Gasteiger partial charge in [-0.05, 0) is 25.0 Å². The molecule has 7 nitrogen and oxygen atoms in total. The van der Waals surface area contributed by atoms with E-state index in [-0.39, 0.29) is 0 Å². The third-order valence-corrected chi connectivity index (χ3v) is 4.44. The molecule has 3 aromatic heterocycles. The Labute approximate surface area is 132 Å². The van der Waals surface area contributed by atoms with Crippen LogP contribution < -0.4 is 16.4 Å². The van der Waals surface area contributed by atoms with E-state index >= 15 is 0 Å². The monoisotopic (exact) mass is 308 g/mol. The number of hydrogen-bond acceptors (Lipinski definition) is 6. The molecule has 7 heteroatoms. The lowest BCUT2D eigenvalue weighted by molar-refractivity contribution is 0.315. The molecule has 0 radical (unpaired) electrons. The maximum Gasteiger partial charge on any atom is 0.203 e. The number of anilines is 2. The Balaban J connectivity index is 1.54. The summed E-state index contributed by atoms with van der Waals surface area (Å²) >= 11 is 0. The van der Waals surface area contributed by atoms with Crippen molar-refractivity contribution in [1.29, 1.82) is 0 Å². The zero-order valence-electron chi connectivity index (χ0n) is 12.4. The van der Waals surface area contributed by atoms with Gasteiger partial charge < -0.3 is 20.8 Å². The third kappa shape index (κ3) is 1.86. The van der Waals surface area contributed by atoms with Crippen LogP contribution in [0.3, 0.4) is 0 Å². The van der Waals surface area contributed by atoms with E-state index in [9.17, 15) is 0 Å². The van der Waals surface area contributed by atoms with Crippen molar-refractivity contribution in [3.63, 3.8) is 0 Å². The summed E-state index contributed by atoms with van der Waals surface area (Å²) in [5, 5.41) is 6.53. The van der Waals surface area contributed by atoms with Crippen LogP contribution in [0.1, 0.15) is 18.6 Å². The number of guanidine groups is 1. The maximum absolute atomic E-state index is 6.57. The summed E-state index contributed by atoms with van der Waals surface area (Å²) in [7, 11) is 0. The van der Waals surface area contributed by atoms with E-state index < -0.39 is 5.66 Å². The number of nitrogens with two attached hydrogens (primary N) is 1. The Morgan fingerprint density at radius 2 is 2.26 bits per heavy atom. The van der Waals surface area contributed by atoms with Gasteiger partial charge in [0, 0.05) is 18.2 Å². The van der Waals surface area contributed by atoms with Crippen LogP contribution in [-0.2, 0) is 5.66 Å². The second kappa shape index (κ2) is 4.36. The van der Waals surface area contributed by atoms with Crippen LogP contribution in [0.15, 0.2) is 52.3 Å². The quantitative estimate of drug-likeness (QED) is 0.675. The zero-order valence-corrected chi connectivity index (χ0v) is 12.4. The number of aliphatic imine (C=N–C) groups is 1. The van der Waals surface area contributed by atoms with Gasteiger partial charge in [-0.2, -0.15) is 0 Å². The summed E-state index contributed by atoms with van der Waals surface area (Å²) in [6.45, 7) is 0. The lowest BCUT2D eigenvalue weighted by Gasteiger charge is -2.30. The molecule has 1 unspecified atom stereocenters. The highest BCUT2D eigenvalue weighted by Crippen LogP contribution is 2.48. The highest BCUT2D eigenvalue weighted by atomic mass is 16.3. The SMILES string of the molecule is NC1(C2CC2)N=C(Nc2cnc3ccccn23)Nc2ccoc21. The van der Waals surface area contributed by atoms with Gasteiger partial charge >= 0.3 is 0 Å². The number of rotatable bonds is 2. The Morgan fingerprint density at radius 3 is 3.13 bits per heavy atom. The molecule has 0 aromatic carbocycles. The lowest BCUT2D eigenvalue weighted by Crippen LogP contribution is -2.44. The van der Waals surface area contributed by atoms with E-state index in [0.717, 1.165) is 30.0 Å². The molecule has 3 aromatic rings. The van der Waals surface area contributed by atoms with E-state index in [1.807, 2.05) is 34.9 Å². The van der Waals surface area contributed by atoms with E-state index in [0.29, 0.717) is 17.6 Å². The van der Waals surface area contributed by atoms with Gasteiger partial charge in [0.1, 0.15) is 11.5 Å². The molecule has 116 valence electrons. The molecule has 0 bridgehead atoms. The topological polar surface area (TPSA) is 92.9 Å². The van der Waals surface area contributed by atoms with Crippen molar-refractivity contribution in [2.45, 2.75) is 18.5 Å². The van der Waals surface area contributed by atoms with Crippen LogP contribution in [0.25, 0.3) is 5.65 Å². The molecule has 4 N–H and O–H groups in total. The smallest absolute Gasteiger partial charge is 0.203 e. The molecule has 1 aliphatic carbocycles. The summed E-state index contributed by atoms with van der Waals surface area (Å²) in [5.74, 6) is 2.48. The standard InChI is InChI=1S/C16H16N6O/c17-16(10-4-5-10)14-11(6-8-23-14)19-15(21-16)20-13-9-18-12-3-1-2-7-22(12)13/h1-3,6-10H,4-5,17H2,(H2,19,20,21). The van der Waals surface area contributed by atoms with E-state index in [1.54, 1.807) is 12.5 Å². The fraction of sp³-hybridized carbons (Fsp3) is 0.250. The minimum absolute atomic E-state index is 0.327. The predicted molar refractivity (Wildman–Crippen MR) is 87.2 cm³/mol. The molecule has 1 saturated carbocycles. The van der Waals surface area contributed by atoms with Crippen LogP contribution in [0.4, 0.5) is 11.5 Å². The number of furan rings is 1. The molecular weight excluding hydrogens is 292 g/mol. The van der Waals surface area contributed by atoms with Crippen molar-refractivity contribution in [3.05, 3.63) is 48.7 Å². The normalized spacial score (nSPS) is 23.3. The molecule has 0 spiro atoms. The van der Waals surface area contributed by atoms with Crippen LogP contribution in [-0.4, -0.2) is 15.3 Å². The summed E-state index contributed by atoms with van der Waals surface area (Å²) in [6, 6.07) is 7.75. The van der Waals surface area contributed by atoms with Crippen molar-refractivity contribution in [2.24, 2.45) is 16.6 Å². The number of aromatic nitrogens is 2. The van der Waals surface area contributed by atoms with Crippen molar-refractivity contribution in [3.8, 4) is 0 Å². The number of imidazole rings is 1. The highest BCUT2D eigenvalue weighted by molar-refractivity contribution is 6.05. The summed E-state index contributed by atoms with van der Waals surface area (Å²) in [6.07, 6.45) is 7.52. The van der Waals surface area contributed by atoms with Gasteiger partial charge in [0.05, 0.1) is 18.1 Å². The number of nitrogens with zero attached hydrogens (tertiary/aromatic N) is 3. The fourth-order valence-electron chi connectivity index (χ4n) is 3.11. The average Bonchev–Trinajstić information content (AvgIpc) is 3.19. The molecule has 4 heterocycles. The third-order valence-electron chi connectivity index (χ3n) is 4.44. The summed E-state index contributed by atoms with van der Waals surface area (Å²) in [4.78, 5) is 9.08. The van der Waals surface area contributed by atoms with Crippen molar-refractivity contribution in [1.82, 2.24) is 9.38 Å². The Hall–Kier alpha value is -2.80. The molecule has 23 heavy (non-hydrogen) atoms. The maximum atomic E-state index is 6.57. The van der Waals surface area contributed by atoms with Gasteiger partial charge in [0.2, 0.25) is 5.96 Å². The van der Waals surface area contributed by atoms with E-state index in [2.05, 4.69) is 15.6 Å². The van der Waals surface area contributed by atoms with Gasteiger partial charge in [0.25, 0.3) is 0 Å². The van der Waals surface area contributed by atoms with Gasteiger partial charge in [-0.3, -0.25) is 4.40 Å². The van der Waals surface area contributed by atoms with Gasteiger partial charge in [-0.25, -0.2) is 9.98 Å². The van der Waals surface area contributed by atoms with Crippen molar-refractivity contribution < 1.29 is 4.42 Å². The molecule has 1 atom stereocenters. The first-order valence-corrected chi connectivity index (χ1v) is 7.67.